The Labute approximate surface area is 391 Å². The summed E-state index contributed by atoms with van der Waals surface area (Å²) in [5, 5.41) is 4.89. The maximum atomic E-state index is 5.40. The van der Waals surface area contributed by atoms with Crippen LogP contribution in [-0.4, -0.2) is 24.1 Å². The molecule has 5 heteroatoms. The second kappa shape index (κ2) is 14.2. The lowest BCUT2D eigenvalue weighted by Gasteiger charge is -2.42. The van der Waals surface area contributed by atoms with Crippen molar-refractivity contribution in [2.75, 3.05) is 0 Å². The van der Waals surface area contributed by atoms with E-state index in [4.69, 9.17) is 15.0 Å². The fourth-order valence-electron chi connectivity index (χ4n) is 11.8. The predicted molar refractivity (Wildman–Crippen MR) is 278 cm³/mol. The third-order valence-electron chi connectivity index (χ3n) is 15.5. The van der Waals surface area contributed by atoms with Crippen molar-refractivity contribution in [1.29, 1.82) is 0 Å². The average Bonchev–Trinajstić information content (AvgIpc) is 3.96. The second-order valence-electron chi connectivity index (χ2n) is 20.7. The molecule has 0 N–H and O–H groups in total. The molecule has 67 heavy (non-hydrogen) atoms. The van der Waals surface area contributed by atoms with E-state index in [-0.39, 0.29) is 16.2 Å². The highest BCUT2D eigenvalue weighted by Crippen LogP contribution is 2.53. The van der Waals surface area contributed by atoms with E-state index in [1.54, 1.807) is 0 Å². The number of nitrogens with zero attached hydrogens (tertiary/aromatic N) is 5. The summed E-state index contributed by atoms with van der Waals surface area (Å²) in [6, 6.07) is 64.0. The van der Waals surface area contributed by atoms with Gasteiger partial charge >= 0.3 is 0 Å². The summed E-state index contributed by atoms with van der Waals surface area (Å²) >= 11 is 0. The summed E-state index contributed by atoms with van der Waals surface area (Å²) in [7, 11) is 0. The van der Waals surface area contributed by atoms with Crippen molar-refractivity contribution in [2.24, 2.45) is 0 Å². The van der Waals surface area contributed by atoms with Gasteiger partial charge in [-0.2, -0.15) is 9.97 Å². The largest absolute Gasteiger partial charge is 0.309 e. The first-order valence-corrected chi connectivity index (χ1v) is 23.7. The SMILES string of the molecule is CC1(C)CCC(C)(C)c2cc3c(cc21)c1c2c4ccccc4n(-c4nc(-c5ccccc5)nc(-c5ccc(-c6cccc7c6-c6ccccc6C7(C)C)cc5)n4)c2ccc1n3-c1ccccc1. The summed E-state index contributed by atoms with van der Waals surface area (Å²) in [6.45, 7) is 14.4. The lowest BCUT2D eigenvalue weighted by Crippen LogP contribution is -2.33. The van der Waals surface area contributed by atoms with E-state index in [1.165, 1.54) is 77.1 Å². The summed E-state index contributed by atoms with van der Waals surface area (Å²) < 4.78 is 4.75. The quantitative estimate of drug-likeness (QED) is 0.173. The molecule has 13 rings (SSSR count). The Morgan fingerprint density at radius 1 is 0.388 bits per heavy atom. The molecule has 2 aliphatic rings. The molecule has 0 spiro atoms. The summed E-state index contributed by atoms with van der Waals surface area (Å²) in [5.74, 6) is 1.85. The molecule has 0 bridgehead atoms. The van der Waals surface area contributed by atoms with Gasteiger partial charge in [0.25, 0.3) is 0 Å². The summed E-state index contributed by atoms with van der Waals surface area (Å²) in [5.41, 5.74) is 18.3. The fraction of sp³-hybridized carbons (Fsp3) is 0.177. The molecule has 0 amide bonds. The molecule has 0 aliphatic heterocycles. The lowest BCUT2D eigenvalue weighted by atomic mass is 9.63. The molecule has 0 saturated heterocycles. The van der Waals surface area contributed by atoms with Crippen molar-refractivity contribution >= 4 is 43.6 Å². The normalized spacial score (nSPS) is 15.6. The van der Waals surface area contributed by atoms with Gasteiger partial charge in [0, 0.05) is 43.8 Å². The molecular weight excluding hydrogens is 815 g/mol. The van der Waals surface area contributed by atoms with E-state index in [1.807, 2.05) is 18.2 Å². The van der Waals surface area contributed by atoms with Crippen LogP contribution in [0.3, 0.4) is 0 Å². The van der Waals surface area contributed by atoms with Gasteiger partial charge in [-0.1, -0.05) is 175 Å². The number of rotatable bonds is 5. The van der Waals surface area contributed by atoms with Crippen LogP contribution in [0.2, 0.25) is 0 Å². The predicted octanol–water partition coefficient (Wildman–Crippen LogP) is 15.7. The number of fused-ring (bicyclic) bond motifs is 11. The lowest BCUT2D eigenvalue weighted by molar-refractivity contribution is 0.332. The maximum absolute atomic E-state index is 5.40. The van der Waals surface area contributed by atoms with Gasteiger partial charge in [0.1, 0.15) is 0 Å². The maximum Gasteiger partial charge on any atom is 0.238 e. The van der Waals surface area contributed by atoms with Crippen LogP contribution in [0.15, 0.2) is 176 Å². The molecular formula is C62H51N5. The van der Waals surface area contributed by atoms with Crippen LogP contribution in [0.25, 0.3) is 100 Å². The highest BCUT2D eigenvalue weighted by atomic mass is 15.2. The number of aromatic nitrogens is 5. The van der Waals surface area contributed by atoms with Crippen LogP contribution in [0, 0.1) is 0 Å². The van der Waals surface area contributed by atoms with Gasteiger partial charge in [0.05, 0.1) is 22.1 Å². The van der Waals surface area contributed by atoms with Crippen LogP contribution in [0.1, 0.15) is 76.6 Å². The van der Waals surface area contributed by atoms with Gasteiger partial charge < -0.3 is 4.57 Å². The first kappa shape index (κ1) is 39.7. The average molecular weight is 866 g/mol. The van der Waals surface area contributed by atoms with Gasteiger partial charge in [-0.25, -0.2) is 4.98 Å². The Bertz CT molecular complexity index is 3810. The van der Waals surface area contributed by atoms with E-state index in [9.17, 15) is 0 Å². The van der Waals surface area contributed by atoms with Crippen molar-refractivity contribution in [3.05, 3.63) is 198 Å². The molecule has 324 valence electrons. The highest BCUT2D eigenvalue weighted by Gasteiger charge is 2.39. The van der Waals surface area contributed by atoms with Crippen molar-refractivity contribution < 1.29 is 0 Å². The Hall–Kier alpha value is -7.63. The number of hydrogen-bond acceptors (Lipinski definition) is 3. The Morgan fingerprint density at radius 3 is 1.67 bits per heavy atom. The monoisotopic (exact) mass is 865 g/mol. The highest BCUT2D eigenvalue weighted by molar-refractivity contribution is 6.29. The topological polar surface area (TPSA) is 48.5 Å². The van der Waals surface area contributed by atoms with Gasteiger partial charge in [0.15, 0.2) is 11.6 Å². The van der Waals surface area contributed by atoms with Crippen LogP contribution in [0.4, 0.5) is 0 Å². The molecule has 0 radical (unpaired) electrons. The first-order chi connectivity index (χ1) is 32.5. The zero-order chi connectivity index (χ0) is 45.4. The van der Waals surface area contributed by atoms with Gasteiger partial charge in [-0.05, 0) is 111 Å². The Balaban J connectivity index is 1.04. The molecule has 11 aromatic rings. The van der Waals surface area contributed by atoms with Crippen molar-refractivity contribution in [2.45, 2.75) is 70.6 Å². The van der Waals surface area contributed by atoms with Gasteiger partial charge in [-0.3, -0.25) is 4.57 Å². The molecule has 5 nitrogen and oxygen atoms in total. The fourth-order valence-corrected chi connectivity index (χ4v) is 11.8. The van der Waals surface area contributed by atoms with Gasteiger partial charge in [0.2, 0.25) is 5.95 Å². The van der Waals surface area contributed by atoms with E-state index in [0.717, 1.165) is 40.7 Å². The molecule has 0 unspecified atom stereocenters. The molecule has 0 fully saturated rings. The minimum atomic E-state index is -0.0674. The number of hydrogen-bond donors (Lipinski definition) is 0. The third kappa shape index (κ3) is 5.83. The zero-order valence-corrected chi connectivity index (χ0v) is 38.9. The molecule has 3 heterocycles. The summed E-state index contributed by atoms with van der Waals surface area (Å²) in [6.07, 6.45) is 2.31. The Kier molecular flexibility index (Phi) is 8.41. The number of benzene rings is 8. The van der Waals surface area contributed by atoms with Crippen molar-refractivity contribution in [3.8, 4) is 56.7 Å². The minimum absolute atomic E-state index is 0.0545. The molecule has 8 aromatic carbocycles. The van der Waals surface area contributed by atoms with E-state index in [0.29, 0.717) is 17.6 Å². The molecule has 0 saturated carbocycles. The van der Waals surface area contributed by atoms with E-state index < -0.39 is 0 Å². The molecule has 2 aliphatic carbocycles. The van der Waals surface area contributed by atoms with Crippen LogP contribution in [0.5, 0.6) is 0 Å². The van der Waals surface area contributed by atoms with Crippen LogP contribution >= 0.6 is 0 Å². The van der Waals surface area contributed by atoms with Crippen LogP contribution < -0.4 is 0 Å². The first-order valence-electron chi connectivity index (χ1n) is 23.7. The molecule has 3 aromatic heterocycles. The second-order valence-corrected chi connectivity index (χ2v) is 20.7. The summed E-state index contributed by atoms with van der Waals surface area (Å²) in [4.78, 5) is 15.9. The van der Waals surface area contributed by atoms with Gasteiger partial charge in [-0.15, -0.1) is 0 Å². The zero-order valence-electron chi connectivity index (χ0n) is 38.9. The van der Waals surface area contributed by atoms with Crippen LogP contribution in [-0.2, 0) is 16.2 Å². The third-order valence-corrected chi connectivity index (χ3v) is 15.5. The van der Waals surface area contributed by atoms with Crippen molar-refractivity contribution in [3.63, 3.8) is 0 Å². The minimum Gasteiger partial charge on any atom is -0.309 e. The number of para-hydroxylation sites is 2. The van der Waals surface area contributed by atoms with E-state index in [2.05, 4.69) is 208 Å². The smallest absolute Gasteiger partial charge is 0.238 e. The molecule has 0 atom stereocenters. The standard InChI is InChI=1S/C62H51N5/c1-60(2)34-35-61(3,4)49-37-53-45(36-48(49)60)56-51(66(53)41-20-11-8-12-21-41)32-33-52-55(56)44-23-14-16-27-50(44)67(52)59-64-57(39-18-9-7-10-19-39)63-58(65-59)40-30-28-38(29-31-40)42-24-17-26-47-54(42)43-22-13-15-25-46(43)62(47,5)6/h7-33,36-37H,34-35H2,1-6H3. The van der Waals surface area contributed by atoms with Crippen molar-refractivity contribution in [1.82, 2.24) is 24.1 Å². The van der Waals surface area contributed by atoms with E-state index >= 15 is 0 Å². The Morgan fingerprint density at radius 2 is 0.940 bits per heavy atom.